The van der Waals surface area contributed by atoms with Crippen LogP contribution in [-0.4, -0.2) is 13.1 Å². The summed E-state index contributed by atoms with van der Waals surface area (Å²) in [5, 5.41) is 10.0. The lowest BCUT2D eigenvalue weighted by molar-refractivity contribution is 0.0725. The van der Waals surface area contributed by atoms with Crippen molar-refractivity contribution in [3.8, 4) is 17.6 Å². The standard InChI is InChI=1S/C23H15ClFNO3/c1-28-22-12-15(11-17(14-26)16-5-4-6-18(24)13-16)9-10-21(22)29-23(27)19-7-2-3-8-20(19)25/h2-13H,1H3/b17-11-. The number of esters is 1. The Morgan fingerprint density at radius 1 is 1.07 bits per heavy atom. The van der Waals surface area contributed by atoms with Crippen molar-refractivity contribution >= 4 is 29.2 Å². The lowest BCUT2D eigenvalue weighted by atomic mass is 10.0. The van der Waals surface area contributed by atoms with Crippen LogP contribution < -0.4 is 9.47 Å². The van der Waals surface area contributed by atoms with Crippen molar-refractivity contribution in [2.45, 2.75) is 0 Å². The van der Waals surface area contributed by atoms with Crippen molar-refractivity contribution in [1.29, 1.82) is 5.26 Å². The van der Waals surface area contributed by atoms with Crippen molar-refractivity contribution in [3.63, 3.8) is 0 Å². The first kappa shape index (κ1) is 20.1. The summed E-state index contributed by atoms with van der Waals surface area (Å²) in [5.41, 5.74) is 1.56. The molecule has 0 saturated carbocycles. The number of hydrogen-bond donors (Lipinski definition) is 0. The summed E-state index contributed by atoms with van der Waals surface area (Å²) in [4.78, 5) is 12.2. The highest BCUT2D eigenvalue weighted by Gasteiger charge is 2.16. The summed E-state index contributed by atoms with van der Waals surface area (Å²) in [6.07, 6.45) is 1.66. The number of benzene rings is 3. The molecule has 3 aromatic carbocycles. The molecule has 0 radical (unpaired) electrons. The maximum atomic E-state index is 13.8. The molecule has 3 rings (SSSR count). The van der Waals surface area contributed by atoms with E-state index in [4.69, 9.17) is 21.1 Å². The minimum atomic E-state index is -0.832. The lowest BCUT2D eigenvalue weighted by Crippen LogP contribution is -2.11. The van der Waals surface area contributed by atoms with Crippen LogP contribution in [-0.2, 0) is 0 Å². The molecule has 144 valence electrons. The fourth-order valence-electron chi connectivity index (χ4n) is 2.64. The third kappa shape index (κ3) is 4.81. The normalized spacial score (nSPS) is 10.9. The van der Waals surface area contributed by atoms with Crippen LogP contribution in [0.3, 0.4) is 0 Å². The molecule has 0 aliphatic carbocycles. The minimum Gasteiger partial charge on any atom is -0.493 e. The van der Waals surface area contributed by atoms with Gasteiger partial charge in [-0.1, -0.05) is 41.9 Å². The first-order valence-corrected chi connectivity index (χ1v) is 8.92. The second kappa shape index (κ2) is 9.05. The van der Waals surface area contributed by atoms with E-state index in [1.54, 1.807) is 48.5 Å². The molecular weight excluding hydrogens is 393 g/mol. The SMILES string of the molecule is COc1cc(/C=C(/C#N)c2cccc(Cl)c2)ccc1OC(=O)c1ccccc1F. The highest BCUT2D eigenvalue weighted by atomic mass is 35.5. The smallest absolute Gasteiger partial charge is 0.346 e. The Labute approximate surface area is 172 Å². The molecule has 0 spiro atoms. The molecule has 0 unspecified atom stereocenters. The zero-order chi connectivity index (χ0) is 20.8. The number of halogens is 2. The quantitative estimate of drug-likeness (QED) is 0.233. The Balaban J connectivity index is 1.90. The second-order valence-corrected chi connectivity index (χ2v) is 6.40. The summed E-state index contributed by atoms with van der Waals surface area (Å²) in [6.45, 7) is 0. The van der Waals surface area contributed by atoms with E-state index in [1.165, 1.54) is 31.4 Å². The summed E-state index contributed by atoms with van der Waals surface area (Å²) in [7, 11) is 1.42. The van der Waals surface area contributed by atoms with E-state index in [0.29, 0.717) is 21.7 Å². The van der Waals surface area contributed by atoms with Crippen molar-refractivity contribution in [3.05, 3.63) is 94.3 Å². The third-order valence-electron chi connectivity index (χ3n) is 4.05. The van der Waals surface area contributed by atoms with Crippen LogP contribution in [0.15, 0.2) is 66.7 Å². The van der Waals surface area contributed by atoms with Crippen molar-refractivity contribution in [1.82, 2.24) is 0 Å². The number of ether oxygens (including phenoxy) is 2. The predicted molar refractivity (Wildman–Crippen MR) is 109 cm³/mol. The van der Waals surface area contributed by atoms with Gasteiger partial charge in [-0.25, -0.2) is 9.18 Å². The van der Waals surface area contributed by atoms with Gasteiger partial charge in [-0.15, -0.1) is 0 Å². The van der Waals surface area contributed by atoms with Gasteiger partial charge in [0.25, 0.3) is 0 Å². The summed E-state index contributed by atoms with van der Waals surface area (Å²) in [5.74, 6) is -1.09. The molecule has 0 aromatic heterocycles. The molecule has 0 heterocycles. The fourth-order valence-corrected chi connectivity index (χ4v) is 2.83. The first-order valence-electron chi connectivity index (χ1n) is 8.54. The Hall–Kier alpha value is -3.62. The highest BCUT2D eigenvalue weighted by molar-refractivity contribution is 6.30. The Kier molecular flexibility index (Phi) is 6.28. The van der Waals surface area contributed by atoms with Crippen molar-refractivity contribution in [2.75, 3.05) is 7.11 Å². The van der Waals surface area contributed by atoms with E-state index in [0.717, 1.165) is 0 Å². The van der Waals surface area contributed by atoms with E-state index in [2.05, 4.69) is 6.07 Å². The fraction of sp³-hybridized carbons (Fsp3) is 0.0435. The molecule has 0 amide bonds. The van der Waals surface area contributed by atoms with Gasteiger partial charge in [0.15, 0.2) is 11.5 Å². The van der Waals surface area contributed by atoms with Crippen LogP contribution in [0.25, 0.3) is 11.6 Å². The molecule has 4 nitrogen and oxygen atoms in total. The second-order valence-electron chi connectivity index (χ2n) is 5.96. The average molecular weight is 408 g/mol. The molecule has 0 saturated heterocycles. The lowest BCUT2D eigenvalue weighted by Gasteiger charge is -2.10. The molecular formula is C23H15ClFNO3. The predicted octanol–water partition coefficient (Wildman–Crippen LogP) is 5.77. The van der Waals surface area contributed by atoms with Crippen LogP contribution in [0.2, 0.25) is 5.02 Å². The Morgan fingerprint density at radius 2 is 1.86 bits per heavy atom. The minimum absolute atomic E-state index is 0.138. The van der Waals surface area contributed by atoms with Gasteiger partial charge in [-0.05, 0) is 53.6 Å². The maximum absolute atomic E-state index is 13.8. The van der Waals surface area contributed by atoms with Gasteiger partial charge in [0.2, 0.25) is 0 Å². The van der Waals surface area contributed by atoms with Crippen LogP contribution in [0, 0.1) is 17.1 Å². The molecule has 3 aromatic rings. The summed E-state index contributed by atoms with van der Waals surface area (Å²) >= 11 is 6.00. The van der Waals surface area contributed by atoms with E-state index in [9.17, 15) is 14.4 Å². The molecule has 0 fully saturated rings. The molecule has 29 heavy (non-hydrogen) atoms. The van der Waals surface area contributed by atoms with Gasteiger partial charge >= 0.3 is 5.97 Å². The van der Waals surface area contributed by atoms with E-state index >= 15 is 0 Å². The number of hydrogen-bond acceptors (Lipinski definition) is 4. The number of nitrogens with zero attached hydrogens (tertiary/aromatic N) is 1. The van der Waals surface area contributed by atoms with E-state index in [-0.39, 0.29) is 17.1 Å². The van der Waals surface area contributed by atoms with Gasteiger partial charge in [0.05, 0.1) is 24.3 Å². The number of carbonyl (C=O) groups excluding carboxylic acids is 1. The number of methoxy groups -OCH3 is 1. The number of allylic oxidation sites excluding steroid dienone is 1. The molecule has 0 atom stereocenters. The van der Waals surface area contributed by atoms with Gasteiger partial charge in [0.1, 0.15) is 5.82 Å². The molecule has 0 N–H and O–H groups in total. The van der Waals surface area contributed by atoms with Crippen LogP contribution in [0.1, 0.15) is 21.5 Å². The van der Waals surface area contributed by atoms with Gasteiger partial charge in [0, 0.05) is 5.02 Å². The topological polar surface area (TPSA) is 59.3 Å². The summed E-state index contributed by atoms with van der Waals surface area (Å²) < 4.78 is 24.4. The molecule has 6 heteroatoms. The van der Waals surface area contributed by atoms with E-state index in [1.807, 2.05) is 0 Å². The number of nitriles is 1. The van der Waals surface area contributed by atoms with Crippen LogP contribution in [0.5, 0.6) is 11.5 Å². The number of rotatable bonds is 5. The van der Waals surface area contributed by atoms with Crippen LogP contribution >= 0.6 is 11.6 Å². The highest BCUT2D eigenvalue weighted by Crippen LogP contribution is 2.31. The van der Waals surface area contributed by atoms with Gasteiger partial charge in [-0.3, -0.25) is 0 Å². The zero-order valence-corrected chi connectivity index (χ0v) is 16.1. The average Bonchev–Trinajstić information content (AvgIpc) is 2.73. The van der Waals surface area contributed by atoms with E-state index < -0.39 is 11.8 Å². The third-order valence-corrected chi connectivity index (χ3v) is 4.29. The van der Waals surface area contributed by atoms with Gasteiger partial charge < -0.3 is 9.47 Å². The zero-order valence-electron chi connectivity index (χ0n) is 15.4. The van der Waals surface area contributed by atoms with Crippen molar-refractivity contribution in [2.24, 2.45) is 0 Å². The van der Waals surface area contributed by atoms with Gasteiger partial charge in [-0.2, -0.15) is 5.26 Å². The molecule has 0 aliphatic heterocycles. The number of carbonyl (C=O) groups is 1. The monoisotopic (exact) mass is 407 g/mol. The molecule has 0 bridgehead atoms. The van der Waals surface area contributed by atoms with Crippen LogP contribution in [0.4, 0.5) is 4.39 Å². The summed E-state index contributed by atoms with van der Waals surface area (Å²) in [6, 6.07) is 19.5. The first-order chi connectivity index (χ1) is 14.0. The van der Waals surface area contributed by atoms with Crippen molar-refractivity contribution < 1.29 is 18.7 Å². The maximum Gasteiger partial charge on any atom is 0.346 e. The largest absolute Gasteiger partial charge is 0.493 e. The Morgan fingerprint density at radius 3 is 2.55 bits per heavy atom. The molecule has 0 aliphatic rings. The Bertz CT molecular complexity index is 1130.